The fourth-order valence-electron chi connectivity index (χ4n) is 3.30. The maximum absolute atomic E-state index is 5.46. The number of benzene rings is 1. The summed E-state index contributed by atoms with van der Waals surface area (Å²) in [5, 5.41) is 6.77. The van der Waals surface area contributed by atoms with E-state index in [9.17, 15) is 0 Å². The molecule has 0 atom stereocenters. The molecule has 1 aromatic carbocycles. The number of nitrogens with zero attached hydrogens (tertiary/aromatic N) is 2. The molecule has 0 radical (unpaired) electrons. The standard InChI is InChI=1S/C20H32N4O3.HI/c1-4-21-19(23-14-20(2,3)24-9-11-25-12-10-24)22-8-7-16-5-6-17-18(13-16)27-15-26-17;/h5-6,13H,4,7-12,14-15H2,1-3H3,(H2,21,22,23);1H. The van der Waals surface area contributed by atoms with Crippen molar-refractivity contribution in [2.24, 2.45) is 4.99 Å². The molecule has 0 saturated carbocycles. The normalized spacial score (nSPS) is 17.2. The predicted octanol–water partition coefficient (Wildman–Crippen LogP) is 2.24. The van der Waals surface area contributed by atoms with Gasteiger partial charge in [0.1, 0.15) is 0 Å². The minimum Gasteiger partial charge on any atom is -0.454 e. The van der Waals surface area contributed by atoms with Crippen molar-refractivity contribution in [1.29, 1.82) is 0 Å². The van der Waals surface area contributed by atoms with Gasteiger partial charge >= 0.3 is 0 Å². The van der Waals surface area contributed by atoms with Gasteiger partial charge in [-0.1, -0.05) is 6.07 Å². The Hall–Kier alpha value is -1.26. The van der Waals surface area contributed by atoms with Gasteiger partial charge in [-0.05, 0) is 44.9 Å². The first-order valence-corrected chi connectivity index (χ1v) is 9.82. The summed E-state index contributed by atoms with van der Waals surface area (Å²) in [5.41, 5.74) is 1.24. The monoisotopic (exact) mass is 504 g/mol. The molecule has 1 fully saturated rings. The Morgan fingerprint density at radius 2 is 1.89 bits per heavy atom. The molecule has 0 aliphatic carbocycles. The first kappa shape index (κ1) is 23.0. The molecule has 7 nitrogen and oxygen atoms in total. The highest BCUT2D eigenvalue weighted by Gasteiger charge is 2.28. The highest BCUT2D eigenvalue weighted by molar-refractivity contribution is 14.0. The molecule has 0 aromatic heterocycles. The van der Waals surface area contributed by atoms with Gasteiger partial charge in [0, 0.05) is 31.7 Å². The highest BCUT2D eigenvalue weighted by atomic mass is 127. The van der Waals surface area contributed by atoms with Crippen LogP contribution in [-0.2, 0) is 11.2 Å². The van der Waals surface area contributed by atoms with Crippen LogP contribution in [0.3, 0.4) is 0 Å². The fourth-order valence-corrected chi connectivity index (χ4v) is 3.30. The Kier molecular flexibility index (Phi) is 9.10. The van der Waals surface area contributed by atoms with Crippen LogP contribution in [-0.4, -0.2) is 69.1 Å². The maximum Gasteiger partial charge on any atom is 0.231 e. The molecular weight excluding hydrogens is 471 g/mol. The molecule has 0 bridgehead atoms. The van der Waals surface area contributed by atoms with Gasteiger partial charge < -0.3 is 24.8 Å². The van der Waals surface area contributed by atoms with Crippen molar-refractivity contribution in [3.05, 3.63) is 23.8 Å². The van der Waals surface area contributed by atoms with Crippen molar-refractivity contribution >= 4 is 29.9 Å². The van der Waals surface area contributed by atoms with Crippen LogP contribution in [0.5, 0.6) is 11.5 Å². The number of aliphatic imine (C=N–C) groups is 1. The molecular formula is C20H33IN4O3. The molecule has 158 valence electrons. The van der Waals surface area contributed by atoms with E-state index in [1.165, 1.54) is 5.56 Å². The lowest BCUT2D eigenvalue weighted by atomic mass is 10.0. The van der Waals surface area contributed by atoms with Crippen molar-refractivity contribution in [2.75, 3.05) is 52.7 Å². The van der Waals surface area contributed by atoms with Gasteiger partial charge in [0.25, 0.3) is 0 Å². The molecule has 0 spiro atoms. The Morgan fingerprint density at radius 1 is 1.14 bits per heavy atom. The number of guanidine groups is 1. The van der Waals surface area contributed by atoms with Crippen molar-refractivity contribution < 1.29 is 14.2 Å². The number of hydrogen-bond acceptors (Lipinski definition) is 5. The molecule has 0 unspecified atom stereocenters. The maximum atomic E-state index is 5.46. The lowest BCUT2D eigenvalue weighted by Gasteiger charge is -2.39. The zero-order valence-corrected chi connectivity index (χ0v) is 19.5. The summed E-state index contributed by atoms with van der Waals surface area (Å²) >= 11 is 0. The molecule has 0 amide bonds. The third-order valence-electron chi connectivity index (χ3n) is 4.98. The first-order chi connectivity index (χ1) is 13.1. The molecule has 2 N–H and O–H groups in total. The van der Waals surface area contributed by atoms with Gasteiger partial charge in [-0.3, -0.25) is 9.89 Å². The van der Waals surface area contributed by atoms with Crippen molar-refractivity contribution in [3.63, 3.8) is 0 Å². The molecule has 1 aromatic rings. The van der Waals surface area contributed by atoms with E-state index in [1.807, 2.05) is 6.07 Å². The van der Waals surface area contributed by atoms with Crippen LogP contribution in [0.1, 0.15) is 26.3 Å². The van der Waals surface area contributed by atoms with E-state index in [2.05, 4.69) is 48.4 Å². The first-order valence-electron chi connectivity index (χ1n) is 9.82. The summed E-state index contributed by atoms with van der Waals surface area (Å²) in [6.45, 7) is 12.8. The highest BCUT2D eigenvalue weighted by Crippen LogP contribution is 2.32. The zero-order valence-electron chi connectivity index (χ0n) is 17.1. The number of rotatable bonds is 7. The largest absolute Gasteiger partial charge is 0.454 e. The van der Waals surface area contributed by atoms with E-state index in [0.717, 1.165) is 69.8 Å². The third kappa shape index (κ3) is 6.38. The number of ether oxygens (including phenoxy) is 3. The number of morpholine rings is 1. The van der Waals surface area contributed by atoms with Gasteiger partial charge in [0.2, 0.25) is 6.79 Å². The number of nitrogens with one attached hydrogen (secondary N) is 2. The Labute approximate surface area is 185 Å². The van der Waals surface area contributed by atoms with Crippen molar-refractivity contribution in [3.8, 4) is 11.5 Å². The van der Waals surface area contributed by atoms with Gasteiger partial charge in [0.15, 0.2) is 17.5 Å². The van der Waals surface area contributed by atoms with E-state index in [-0.39, 0.29) is 29.5 Å². The number of hydrogen-bond donors (Lipinski definition) is 2. The molecule has 1 saturated heterocycles. The summed E-state index contributed by atoms with van der Waals surface area (Å²) in [5.74, 6) is 2.52. The average Bonchev–Trinajstić information content (AvgIpc) is 3.15. The second-order valence-electron chi connectivity index (χ2n) is 7.47. The minimum absolute atomic E-state index is 0. The molecule has 2 heterocycles. The minimum atomic E-state index is 0. The van der Waals surface area contributed by atoms with Gasteiger partial charge in [-0.15, -0.1) is 24.0 Å². The average molecular weight is 504 g/mol. The summed E-state index contributed by atoms with van der Waals surface area (Å²) < 4.78 is 16.3. The van der Waals surface area contributed by atoms with Crippen LogP contribution >= 0.6 is 24.0 Å². The van der Waals surface area contributed by atoms with Crippen molar-refractivity contribution in [2.45, 2.75) is 32.7 Å². The lowest BCUT2D eigenvalue weighted by molar-refractivity contribution is -0.00683. The Balaban J connectivity index is 0.00000280. The van der Waals surface area contributed by atoms with E-state index in [0.29, 0.717) is 6.79 Å². The van der Waals surface area contributed by atoms with Gasteiger partial charge in [-0.2, -0.15) is 0 Å². The summed E-state index contributed by atoms with van der Waals surface area (Å²) in [4.78, 5) is 7.27. The quantitative estimate of drug-likeness (QED) is 0.338. The molecule has 3 rings (SSSR count). The van der Waals surface area contributed by atoms with Gasteiger partial charge in [-0.25, -0.2) is 0 Å². The molecule has 28 heavy (non-hydrogen) atoms. The topological polar surface area (TPSA) is 67.4 Å². The number of halogens is 1. The van der Waals surface area contributed by atoms with Crippen molar-refractivity contribution in [1.82, 2.24) is 15.5 Å². The summed E-state index contributed by atoms with van der Waals surface area (Å²) in [6.07, 6.45) is 0.897. The zero-order chi connectivity index (χ0) is 19.1. The smallest absolute Gasteiger partial charge is 0.231 e. The molecule has 8 heteroatoms. The fraction of sp³-hybridized carbons (Fsp3) is 0.650. The number of fused-ring (bicyclic) bond motifs is 1. The lowest BCUT2D eigenvalue weighted by Crippen LogP contribution is -2.52. The summed E-state index contributed by atoms with van der Waals surface area (Å²) in [7, 11) is 0. The van der Waals surface area contributed by atoms with E-state index in [1.54, 1.807) is 0 Å². The van der Waals surface area contributed by atoms with Crippen LogP contribution in [0.2, 0.25) is 0 Å². The second kappa shape index (κ2) is 11.1. The van der Waals surface area contributed by atoms with Crippen LogP contribution < -0.4 is 20.1 Å². The van der Waals surface area contributed by atoms with E-state index >= 15 is 0 Å². The third-order valence-corrected chi connectivity index (χ3v) is 4.98. The second-order valence-corrected chi connectivity index (χ2v) is 7.47. The Bertz CT molecular complexity index is 648. The van der Waals surface area contributed by atoms with Crippen LogP contribution in [0.4, 0.5) is 0 Å². The Morgan fingerprint density at radius 3 is 2.64 bits per heavy atom. The van der Waals surface area contributed by atoms with Gasteiger partial charge in [0.05, 0.1) is 19.8 Å². The van der Waals surface area contributed by atoms with Crippen LogP contribution in [0, 0.1) is 0 Å². The SMILES string of the molecule is CCNC(=NCC(C)(C)N1CCOCC1)NCCc1ccc2c(c1)OCO2.I. The van der Waals surface area contributed by atoms with E-state index < -0.39 is 0 Å². The summed E-state index contributed by atoms with van der Waals surface area (Å²) in [6, 6.07) is 6.11. The molecule has 2 aliphatic rings. The van der Waals surface area contributed by atoms with Crippen LogP contribution in [0.25, 0.3) is 0 Å². The van der Waals surface area contributed by atoms with E-state index in [4.69, 9.17) is 19.2 Å². The van der Waals surface area contributed by atoms with Crippen LogP contribution in [0.15, 0.2) is 23.2 Å². The molecule has 2 aliphatic heterocycles. The predicted molar refractivity (Wildman–Crippen MR) is 122 cm³/mol.